The minimum atomic E-state index is 0.218. The van der Waals surface area contributed by atoms with Crippen molar-refractivity contribution in [3.63, 3.8) is 0 Å². The molecule has 0 unspecified atom stereocenters. The van der Waals surface area contributed by atoms with Crippen LogP contribution in [0.4, 0.5) is 5.69 Å². The van der Waals surface area contributed by atoms with Crippen LogP contribution in [0.3, 0.4) is 0 Å². The van der Waals surface area contributed by atoms with Crippen LogP contribution in [0.15, 0.2) is 18.2 Å². The lowest BCUT2D eigenvalue weighted by Crippen LogP contribution is -2.37. The molecule has 88 valence electrons. The molecule has 2 rings (SSSR count). The first-order valence-electron chi connectivity index (χ1n) is 6.16. The Morgan fingerprint density at radius 3 is 2.88 bits per heavy atom. The third kappa shape index (κ3) is 2.76. The maximum Gasteiger partial charge on any atom is 0.0376 e. The lowest BCUT2D eigenvalue weighted by atomic mass is 10.0. The van der Waals surface area contributed by atoms with Gasteiger partial charge in [0.1, 0.15) is 0 Å². The lowest BCUT2D eigenvalue weighted by Gasteiger charge is -2.20. The predicted molar refractivity (Wildman–Crippen MR) is 70.1 cm³/mol. The smallest absolute Gasteiger partial charge is 0.0376 e. The van der Waals surface area contributed by atoms with Gasteiger partial charge in [-0.2, -0.15) is 0 Å². The first kappa shape index (κ1) is 11.5. The highest BCUT2D eigenvalue weighted by atomic mass is 14.9. The summed E-state index contributed by atoms with van der Waals surface area (Å²) in [4.78, 5) is 0. The monoisotopic (exact) mass is 218 g/mol. The minimum Gasteiger partial charge on any atom is -0.384 e. The molecular weight excluding hydrogens is 196 g/mol. The predicted octanol–water partition coefficient (Wildman–Crippen LogP) is 2.59. The molecule has 0 radical (unpaired) electrons. The summed E-state index contributed by atoms with van der Waals surface area (Å²) in [5, 5.41) is 6.97. The molecule has 1 aliphatic rings. The average Bonchev–Trinajstić information content (AvgIpc) is 2.64. The number of nitrogens with one attached hydrogen (secondary N) is 2. The molecule has 2 heteroatoms. The highest BCUT2D eigenvalue weighted by molar-refractivity contribution is 5.58. The van der Waals surface area contributed by atoms with Crippen LogP contribution < -0.4 is 10.6 Å². The summed E-state index contributed by atoms with van der Waals surface area (Å²) in [6.45, 7) is 8.79. The molecule has 0 aromatic heterocycles. The number of fused-ring (bicyclic) bond motifs is 1. The molecule has 0 atom stereocenters. The Kier molecular flexibility index (Phi) is 3.20. The molecule has 0 saturated carbocycles. The Labute approximate surface area is 98.4 Å². The average molecular weight is 218 g/mol. The molecule has 2 N–H and O–H groups in total. The van der Waals surface area contributed by atoms with E-state index < -0.39 is 0 Å². The Morgan fingerprint density at radius 1 is 1.31 bits per heavy atom. The molecule has 1 heterocycles. The topological polar surface area (TPSA) is 24.1 Å². The number of benzene rings is 1. The number of anilines is 1. The molecule has 0 amide bonds. The zero-order chi connectivity index (χ0) is 11.6. The molecular formula is C14H22N2. The van der Waals surface area contributed by atoms with Crippen LogP contribution in [0.1, 0.15) is 31.9 Å². The number of hydrogen-bond donors (Lipinski definition) is 2. The maximum atomic E-state index is 3.54. The van der Waals surface area contributed by atoms with Gasteiger partial charge in [0.05, 0.1) is 0 Å². The van der Waals surface area contributed by atoms with E-state index in [2.05, 4.69) is 49.6 Å². The van der Waals surface area contributed by atoms with Crippen molar-refractivity contribution in [3.8, 4) is 0 Å². The van der Waals surface area contributed by atoms with Gasteiger partial charge in [-0.1, -0.05) is 12.1 Å². The Hall–Kier alpha value is -1.02. The van der Waals surface area contributed by atoms with Gasteiger partial charge in [0.2, 0.25) is 0 Å². The Morgan fingerprint density at radius 2 is 2.12 bits per heavy atom. The fraction of sp³-hybridized carbons (Fsp3) is 0.571. The van der Waals surface area contributed by atoms with Crippen molar-refractivity contribution in [3.05, 3.63) is 29.3 Å². The van der Waals surface area contributed by atoms with Crippen molar-refractivity contribution >= 4 is 5.69 Å². The van der Waals surface area contributed by atoms with Crippen LogP contribution in [0.2, 0.25) is 0 Å². The largest absolute Gasteiger partial charge is 0.384 e. The Balaban J connectivity index is 1.98. The van der Waals surface area contributed by atoms with E-state index in [-0.39, 0.29) is 5.54 Å². The van der Waals surface area contributed by atoms with E-state index in [4.69, 9.17) is 0 Å². The van der Waals surface area contributed by atoms with Gasteiger partial charge in [-0.15, -0.1) is 0 Å². The first-order chi connectivity index (χ1) is 7.56. The molecule has 1 aliphatic heterocycles. The standard InChI is InChI=1S/C14H22N2/c1-14(2,3)16-10-7-11-5-4-6-13-12(11)8-9-15-13/h4-6,15-16H,7-10H2,1-3H3. The van der Waals surface area contributed by atoms with Crippen LogP contribution in [-0.2, 0) is 12.8 Å². The lowest BCUT2D eigenvalue weighted by molar-refractivity contribution is 0.429. The zero-order valence-corrected chi connectivity index (χ0v) is 10.6. The molecule has 2 nitrogen and oxygen atoms in total. The normalized spacial score (nSPS) is 14.7. The number of rotatable bonds is 3. The fourth-order valence-corrected chi connectivity index (χ4v) is 2.22. The molecule has 0 spiro atoms. The molecule has 0 fully saturated rings. The van der Waals surface area contributed by atoms with Crippen LogP contribution in [-0.4, -0.2) is 18.6 Å². The van der Waals surface area contributed by atoms with Gasteiger partial charge >= 0.3 is 0 Å². The second-order valence-electron chi connectivity index (χ2n) is 5.55. The summed E-state index contributed by atoms with van der Waals surface area (Å²) in [5.74, 6) is 0. The third-order valence-electron chi connectivity index (χ3n) is 3.01. The van der Waals surface area contributed by atoms with Crippen molar-refractivity contribution in [1.82, 2.24) is 5.32 Å². The fourth-order valence-electron chi connectivity index (χ4n) is 2.22. The van der Waals surface area contributed by atoms with E-state index in [1.54, 1.807) is 0 Å². The molecule has 1 aromatic rings. The van der Waals surface area contributed by atoms with Gasteiger partial charge in [-0.25, -0.2) is 0 Å². The molecule has 0 aliphatic carbocycles. The molecule has 0 saturated heterocycles. The summed E-state index contributed by atoms with van der Waals surface area (Å²) in [6, 6.07) is 6.60. The molecule has 0 bridgehead atoms. The second-order valence-corrected chi connectivity index (χ2v) is 5.55. The van der Waals surface area contributed by atoms with Crippen molar-refractivity contribution in [1.29, 1.82) is 0 Å². The van der Waals surface area contributed by atoms with Crippen molar-refractivity contribution in [2.45, 2.75) is 39.2 Å². The van der Waals surface area contributed by atoms with Gasteiger partial charge < -0.3 is 10.6 Å². The first-order valence-corrected chi connectivity index (χ1v) is 6.16. The van der Waals surface area contributed by atoms with Crippen LogP contribution in [0.25, 0.3) is 0 Å². The molecule has 16 heavy (non-hydrogen) atoms. The van der Waals surface area contributed by atoms with Crippen molar-refractivity contribution in [2.75, 3.05) is 18.4 Å². The van der Waals surface area contributed by atoms with E-state index in [1.165, 1.54) is 23.2 Å². The van der Waals surface area contributed by atoms with Crippen LogP contribution in [0.5, 0.6) is 0 Å². The third-order valence-corrected chi connectivity index (χ3v) is 3.01. The second kappa shape index (κ2) is 4.46. The Bertz CT molecular complexity index is 363. The summed E-state index contributed by atoms with van der Waals surface area (Å²) < 4.78 is 0. The summed E-state index contributed by atoms with van der Waals surface area (Å²) in [7, 11) is 0. The highest BCUT2D eigenvalue weighted by Crippen LogP contribution is 2.25. The van der Waals surface area contributed by atoms with E-state index in [9.17, 15) is 0 Å². The zero-order valence-electron chi connectivity index (χ0n) is 10.6. The summed E-state index contributed by atoms with van der Waals surface area (Å²) in [6.07, 6.45) is 2.31. The SMILES string of the molecule is CC(C)(C)NCCc1cccc2c1CCN2. The van der Waals surface area contributed by atoms with Crippen LogP contribution in [0, 0.1) is 0 Å². The van der Waals surface area contributed by atoms with E-state index in [1.807, 2.05) is 0 Å². The van der Waals surface area contributed by atoms with E-state index in [0.29, 0.717) is 0 Å². The quantitative estimate of drug-likeness (QED) is 0.815. The van der Waals surface area contributed by atoms with Crippen LogP contribution >= 0.6 is 0 Å². The maximum absolute atomic E-state index is 3.54. The van der Waals surface area contributed by atoms with E-state index >= 15 is 0 Å². The van der Waals surface area contributed by atoms with Crippen molar-refractivity contribution < 1.29 is 0 Å². The molecule has 1 aromatic carbocycles. The highest BCUT2D eigenvalue weighted by Gasteiger charge is 2.14. The van der Waals surface area contributed by atoms with Gasteiger partial charge in [-0.3, -0.25) is 0 Å². The number of hydrogen-bond acceptors (Lipinski definition) is 2. The van der Waals surface area contributed by atoms with Gasteiger partial charge in [0.25, 0.3) is 0 Å². The van der Waals surface area contributed by atoms with Gasteiger partial charge in [0.15, 0.2) is 0 Å². The summed E-state index contributed by atoms with van der Waals surface area (Å²) >= 11 is 0. The van der Waals surface area contributed by atoms with Gasteiger partial charge in [0, 0.05) is 17.8 Å². The summed E-state index contributed by atoms with van der Waals surface area (Å²) in [5.41, 5.74) is 4.58. The minimum absolute atomic E-state index is 0.218. The van der Waals surface area contributed by atoms with E-state index in [0.717, 1.165) is 19.5 Å². The van der Waals surface area contributed by atoms with Crippen molar-refractivity contribution in [2.24, 2.45) is 0 Å². The van der Waals surface area contributed by atoms with Gasteiger partial charge in [-0.05, 0) is 57.4 Å².